The smallest absolute Gasteiger partial charge is 0.238 e. The second kappa shape index (κ2) is 7.85. The van der Waals surface area contributed by atoms with Crippen LogP contribution in [0.5, 0.6) is 0 Å². The number of nitrogens with one attached hydrogen (secondary N) is 1. The Kier molecular flexibility index (Phi) is 6.40. The molecule has 0 aromatic heterocycles. The van der Waals surface area contributed by atoms with Crippen LogP contribution >= 0.6 is 0 Å². The minimum Gasteiger partial charge on any atom is -0.379 e. The molecule has 0 spiro atoms. The van der Waals surface area contributed by atoms with Gasteiger partial charge in [0.25, 0.3) is 0 Å². The molecule has 0 aromatic rings. The van der Waals surface area contributed by atoms with Gasteiger partial charge in [-0.25, -0.2) is 0 Å². The summed E-state index contributed by atoms with van der Waals surface area (Å²) in [5.74, 6) is -0.0312. The molecule has 18 heavy (non-hydrogen) atoms. The van der Waals surface area contributed by atoms with Gasteiger partial charge in [0.05, 0.1) is 18.7 Å². The van der Waals surface area contributed by atoms with Gasteiger partial charge >= 0.3 is 0 Å². The predicted octanol–water partition coefficient (Wildman–Crippen LogP) is 0.682. The van der Waals surface area contributed by atoms with E-state index in [0.717, 1.165) is 13.0 Å². The topological polar surface area (TPSA) is 65.4 Å². The lowest BCUT2D eigenvalue weighted by Crippen LogP contribution is -2.41. The fraction of sp³-hybridized carbons (Fsp3) is 0.692. The summed E-state index contributed by atoms with van der Waals surface area (Å²) in [7, 11) is 0. The van der Waals surface area contributed by atoms with E-state index < -0.39 is 6.04 Å². The van der Waals surface area contributed by atoms with E-state index in [-0.39, 0.29) is 18.6 Å². The van der Waals surface area contributed by atoms with Gasteiger partial charge in [-0.1, -0.05) is 6.08 Å². The van der Waals surface area contributed by atoms with Gasteiger partial charge in [0.15, 0.2) is 0 Å². The Hall–Kier alpha value is -1.38. The highest BCUT2D eigenvalue weighted by Crippen LogP contribution is 2.08. The van der Waals surface area contributed by atoms with E-state index in [1.165, 1.54) is 0 Å². The average molecular weight is 251 g/mol. The standard InChI is InChI=1S/C13H21N3O2/c1-11(2)18-8-4-6-15-10-13(17)16-7-3-5-12(16)9-14/h3,5,11-12,15H,4,6-8,10H2,1-2H3/t12-/m0/s1. The second-order valence-electron chi connectivity index (χ2n) is 4.50. The summed E-state index contributed by atoms with van der Waals surface area (Å²) >= 11 is 0. The minimum absolute atomic E-state index is 0.0312. The van der Waals surface area contributed by atoms with Crippen molar-refractivity contribution < 1.29 is 9.53 Å². The van der Waals surface area contributed by atoms with Crippen LogP contribution in [0.4, 0.5) is 0 Å². The summed E-state index contributed by atoms with van der Waals surface area (Å²) in [6.45, 7) is 6.26. The Morgan fingerprint density at radius 2 is 2.44 bits per heavy atom. The van der Waals surface area contributed by atoms with E-state index >= 15 is 0 Å². The van der Waals surface area contributed by atoms with Crippen molar-refractivity contribution in [2.24, 2.45) is 0 Å². The molecule has 1 rings (SSSR count). The molecule has 5 nitrogen and oxygen atoms in total. The van der Waals surface area contributed by atoms with Gasteiger partial charge < -0.3 is 15.0 Å². The molecular formula is C13H21N3O2. The molecule has 0 saturated heterocycles. The molecule has 0 radical (unpaired) electrons. The first-order chi connectivity index (χ1) is 8.65. The Bertz CT molecular complexity index is 334. The number of nitrogens with zero attached hydrogens (tertiary/aromatic N) is 2. The third-order valence-corrected chi connectivity index (χ3v) is 2.63. The van der Waals surface area contributed by atoms with Gasteiger partial charge in [-0.15, -0.1) is 0 Å². The van der Waals surface area contributed by atoms with Crippen molar-refractivity contribution in [2.45, 2.75) is 32.4 Å². The molecular weight excluding hydrogens is 230 g/mol. The van der Waals surface area contributed by atoms with Crippen LogP contribution in [0.1, 0.15) is 20.3 Å². The zero-order valence-corrected chi connectivity index (χ0v) is 11.1. The summed E-state index contributed by atoms with van der Waals surface area (Å²) in [5.41, 5.74) is 0. The fourth-order valence-corrected chi connectivity index (χ4v) is 1.70. The Morgan fingerprint density at radius 1 is 1.67 bits per heavy atom. The first-order valence-electron chi connectivity index (χ1n) is 6.33. The van der Waals surface area contributed by atoms with E-state index in [4.69, 9.17) is 10.00 Å². The predicted molar refractivity (Wildman–Crippen MR) is 68.8 cm³/mol. The molecule has 0 unspecified atom stereocenters. The Labute approximate surface area is 108 Å². The maximum absolute atomic E-state index is 11.8. The van der Waals surface area contributed by atoms with E-state index in [2.05, 4.69) is 11.4 Å². The summed E-state index contributed by atoms with van der Waals surface area (Å²) in [4.78, 5) is 13.4. The van der Waals surface area contributed by atoms with Gasteiger partial charge in [-0.2, -0.15) is 5.26 Å². The van der Waals surface area contributed by atoms with Crippen molar-refractivity contribution in [1.29, 1.82) is 5.26 Å². The highest BCUT2D eigenvalue weighted by molar-refractivity contribution is 5.79. The molecule has 0 saturated carbocycles. The quantitative estimate of drug-likeness (QED) is 0.534. The molecule has 1 aliphatic heterocycles. The third kappa shape index (κ3) is 4.86. The lowest BCUT2D eigenvalue weighted by Gasteiger charge is -2.19. The first kappa shape index (κ1) is 14.7. The van der Waals surface area contributed by atoms with E-state index in [1.54, 1.807) is 11.0 Å². The van der Waals surface area contributed by atoms with Crippen molar-refractivity contribution >= 4 is 5.91 Å². The van der Waals surface area contributed by atoms with Crippen LogP contribution in [0.3, 0.4) is 0 Å². The van der Waals surface area contributed by atoms with Gasteiger partial charge in [0.2, 0.25) is 5.91 Å². The van der Waals surface area contributed by atoms with Crippen LogP contribution in [0.2, 0.25) is 0 Å². The Balaban J connectivity index is 2.09. The van der Waals surface area contributed by atoms with Gasteiger partial charge in [0, 0.05) is 13.2 Å². The van der Waals surface area contributed by atoms with Crippen LogP contribution in [0.25, 0.3) is 0 Å². The zero-order valence-electron chi connectivity index (χ0n) is 11.1. The molecule has 0 aromatic carbocycles. The highest BCUT2D eigenvalue weighted by Gasteiger charge is 2.23. The van der Waals surface area contributed by atoms with Gasteiger partial charge in [-0.3, -0.25) is 4.79 Å². The number of amides is 1. The summed E-state index contributed by atoms with van der Waals surface area (Å²) in [6, 6.07) is 1.69. The number of hydrogen-bond acceptors (Lipinski definition) is 4. The number of hydrogen-bond donors (Lipinski definition) is 1. The number of ether oxygens (including phenoxy) is 1. The lowest BCUT2D eigenvalue weighted by atomic mass is 10.3. The number of carbonyl (C=O) groups excluding carboxylic acids is 1. The van der Waals surface area contributed by atoms with E-state index in [0.29, 0.717) is 13.2 Å². The number of nitriles is 1. The van der Waals surface area contributed by atoms with Crippen molar-refractivity contribution in [3.05, 3.63) is 12.2 Å². The Morgan fingerprint density at radius 3 is 3.11 bits per heavy atom. The van der Waals surface area contributed by atoms with Crippen LogP contribution in [-0.2, 0) is 9.53 Å². The van der Waals surface area contributed by atoms with Crippen molar-refractivity contribution in [3.8, 4) is 6.07 Å². The lowest BCUT2D eigenvalue weighted by molar-refractivity contribution is -0.129. The van der Waals surface area contributed by atoms with Crippen molar-refractivity contribution in [1.82, 2.24) is 10.2 Å². The summed E-state index contributed by atoms with van der Waals surface area (Å²) in [6.07, 6.45) is 4.74. The molecule has 1 amide bonds. The largest absolute Gasteiger partial charge is 0.379 e. The number of rotatable bonds is 7. The van der Waals surface area contributed by atoms with Crippen LogP contribution < -0.4 is 5.32 Å². The third-order valence-electron chi connectivity index (χ3n) is 2.63. The molecule has 1 N–H and O–H groups in total. The highest BCUT2D eigenvalue weighted by atomic mass is 16.5. The zero-order chi connectivity index (χ0) is 13.4. The summed E-state index contributed by atoms with van der Waals surface area (Å²) in [5, 5.41) is 11.9. The van der Waals surface area contributed by atoms with E-state index in [1.807, 2.05) is 19.9 Å². The number of carbonyl (C=O) groups is 1. The minimum atomic E-state index is -0.399. The van der Waals surface area contributed by atoms with Crippen LogP contribution in [-0.4, -0.2) is 49.2 Å². The first-order valence-corrected chi connectivity index (χ1v) is 6.33. The van der Waals surface area contributed by atoms with Gasteiger partial charge in [0.1, 0.15) is 6.04 Å². The molecule has 1 heterocycles. The average Bonchev–Trinajstić information content (AvgIpc) is 2.81. The molecule has 100 valence electrons. The van der Waals surface area contributed by atoms with Crippen LogP contribution in [0.15, 0.2) is 12.2 Å². The molecule has 5 heteroatoms. The van der Waals surface area contributed by atoms with Crippen LogP contribution in [0, 0.1) is 11.3 Å². The molecule has 0 bridgehead atoms. The van der Waals surface area contributed by atoms with E-state index in [9.17, 15) is 4.79 Å². The van der Waals surface area contributed by atoms with Crippen molar-refractivity contribution in [2.75, 3.05) is 26.2 Å². The molecule has 1 atom stereocenters. The maximum Gasteiger partial charge on any atom is 0.238 e. The monoisotopic (exact) mass is 251 g/mol. The SMILES string of the molecule is CC(C)OCCCNCC(=O)N1CC=C[C@H]1C#N. The summed E-state index contributed by atoms with van der Waals surface area (Å²) < 4.78 is 5.39. The maximum atomic E-state index is 11.8. The fourth-order valence-electron chi connectivity index (χ4n) is 1.70. The van der Waals surface area contributed by atoms with Gasteiger partial charge in [-0.05, 0) is 32.9 Å². The normalized spacial score (nSPS) is 18.3. The molecule has 1 aliphatic rings. The molecule has 0 aliphatic carbocycles. The molecule has 0 fully saturated rings. The van der Waals surface area contributed by atoms with Crippen molar-refractivity contribution in [3.63, 3.8) is 0 Å². The second-order valence-corrected chi connectivity index (χ2v) is 4.50.